The molecule has 1 heterocycles. The third kappa shape index (κ3) is 2.35. The van der Waals surface area contributed by atoms with Crippen molar-refractivity contribution in [2.45, 2.75) is 39.4 Å². The molecule has 1 aromatic carbocycles. The van der Waals surface area contributed by atoms with Crippen LogP contribution in [0.3, 0.4) is 0 Å². The lowest BCUT2D eigenvalue weighted by Crippen LogP contribution is -2.45. The third-order valence-corrected chi connectivity index (χ3v) is 2.69. The highest BCUT2D eigenvalue weighted by atomic mass is 15.5. The van der Waals surface area contributed by atoms with E-state index in [1.807, 2.05) is 44.2 Å². The van der Waals surface area contributed by atoms with Crippen LogP contribution in [0.2, 0.25) is 0 Å². The molecule has 0 unspecified atom stereocenters. The fourth-order valence-corrected chi connectivity index (χ4v) is 2.07. The molecule has 0 aliphatic carbocycles. The first-order valence-electron chi connectivity index (χ1n) is 5.87. The summed E-state index contributed by atoms with van der Waals surface area (Å²) in [5.41, 5.74) is 0.603. The molecule has 0 aromatic heterocycles. The Balaban J connectivity index is 2.34. The van der Waals surface area contributed by atoms with E-state index in [9.17, 15) is 0 Å². The quantitative estimate of drug-likeness (QED) is 0.765. The number of guanidine groups is 1. The predicted octanol–water partition coefficient (Wildman–Crippen LogP) is 3.59. The van der Waals surface area contributed by atoms with Gasteiger partial charge >= 0.3 is 0 Å². The van der Waals surface area contributed by atoms with E-state index in [0.717, 1.165) is 5.69 Å². The zero-order chi connectivity index (χ0) is 12.5. The van der Waals surface area contributed by atoms with Crippen LogP contribution >= 0.6 is 0 Å². The fraction of sp³-hybridized carbons (Fsp3) is 0.462. The summed E-state index contributed by atoms with van der Waals surface area (Å²) in [4.78, 5) is 6.66. The monoisotopic (exact) mass is 230 g/mol. The Morgan fingerprint density at radius 2 is 1.82 bits per heavy atom. The molecule has 90 valence electrons. The van der Waals surface area contributed by atoms with E-state index >= 15 is 0 Å². The van der Waals surface area contributed by atoms with Gasteiger partial charge in [0.1, 0.15) is 5.66 Å². The fourth-order valence-electron chi connectivity index (χ4n) is 2.07. The van der Waals surface area contributed by atoms with Crippen molar-refractivity contribution < 1.29 is 0 Å². The maximum atomic E-state index is 4.54. The van der Waals surface area contributed by atoms with Gasteiger partial charge < -0.3 is 4.90 Å². The topological polar surface area (TPSA) is 40.3 Å². The minimum Gasteiger partial charge on any atom is -0.311 e. The molecule has 2 rings (SSSR count). The molecule has 1 aliphatic heterocycles. The highest BCUT2D eigenvalue weighted by Gasteiger charge is 2.36. The van der Waals surface area contributed by atoms with Crippen molar-refractivity contribution >= 4 is 11.6 Å². The van der Waals surface area contributed by atoms with Crippen LogP contribution in [0.4, 0.5) is 5.69 Å². The molecule has 0 fully saturated rings. The summed E-state index contributed by atoms with van der Waals surface area (Å²) in [7, 11) is 0. The third-order valence-electron chi connectivity index (χ3n) is 2.69. The van der Waals surface area contributed by atoms with Crippen LogP contribution in [0.1, 0.15) is 27.7 Å². The minimum atomic E-state index is -0.304. The SMILES string of the molecule is CC(C)N1C(=Nc2ccccc2)N=NC1(C)C. The van der Waals surface area contributed by atoms with Crippen LogP contribution in [0.5, 0.6) is 0 Å². The van der Waals surface area contributed by atoms with Crippen molar-refractivity contribution in [2.75, 3.05) is 0 Å². The predicted molar refractivity (Wildman–Crippen MR) is 69.4 cm³/mol. The number of azo groups is 1. The minimum absolute atomic E-state index is 0.304. The van der Waals surface area contributed by atoms with Crippen molar-refractivity contribution in [1.29, 1.82) is 0 Å². The molecular formula is C13H18N4. The smallest absolute Gasteiger partial charge is 0.247 e. The Morgan fingerprint density at radius 1 is 1.18 bits per heavy atom. The zero-order valence-electron chi connectivity index (χ0n) is 10.8. The Morgan fingerprint density at radius 3 is 2.41 bits per heavy atom. The summed E-state index contributed by atoms with van der Waals surface area (Å²) in [6, 6.07) is 10.2. The van der Waals surface area contributed by atoms with E-state index in [-0.39, 0.29) is 5.66 Å². The highest BCUT2D eigenvalue weighted by Crippen LogP contribution is 2.28. The number of hydrogen-bond acceptors (Lipinski definition) is 2. The molecular weight excluding hydrogens is 212 g/mol. The maximum absolute atomic E-state index is 4.54. The maximum Gasteiger partial charge on any atom is 0.247 e. The average Bonchev–Trinajstić information content (AvgIpc) is 2.55. The molecule has 0 atom stereocenters. The molecule has 0 bridgehead atoms. The van der Waals surface area contributed by atoms with Gasteiger partial charge in [0.2, 0.25) is 5.96 Å². The van der Waals surface area contributed by atoms with Gasteiger partial charge in [-0.2, -0.15) is 5.11 Å². The first-order chi connectivity index (χ1) is 8.00. The van der Waals surface area contributed by atoms with Crippen LogP contribution < -0.4 is 0 Å². The Kier molecular flexibility index (Phi) is 2.96. The summed E-state index contributed by atoms with van der Waals surface area (Å²) in [6.07, 6.45) is 0. The molecule has 17 heavy (non-hydrogen) atoms. The van der Waals surface area contributed by atoms with Crippen molar-refractivity contribution in [3.8, 4) is 0 Å². The van der Waals surface area contributed by atoms with Gasteiger partial charge in [-0.3, -0.25) is 0 Å². The lowest BCUT2D eigenvalue weighted by Gasteiger charge is -2.32. The lowest BCUT2D eigenvalue weighted by atomic mass is 10.2. The molecule has 1 aromatic rings. The van der Waals surface area contributed by atoms with E-state index in [4.69, 9.17) is 0 Å². The summed E-state index contributed by atoms with van der Waals surface area (Å²) in [5.74, 6) is 0.691. The molecule has 0 amide bonds. The lowest BCUT2D eigenvalue weighted by molar-refractivity contribution is 0.199. The van der Waals surface area contributed by atoms with E-state index in [0.29, 0.717) is 12.0 Å². The van der Waals surface area contributed by atoms with E-state index in [1.165, 1.54) is 0 Å². The largest absolute Gasteiger partial charge is 0.311 e. The molecule has 4 heteroatoms. The molecule has 0 saturated heterocycles. The van der Waals surface area contributed by atoms with Crippen molar-refractivity contribution in [3.63, 3.8) is 0 Å². The van der Waals surface area contributed by atoms with E-state index in [1.54, 1.807) is 0 Å². The Bertz CT molecular complexity index is 446. The van der Waals surface area contributed by atoms with E-state index < -0.39 is 0 Å². The van der Waals surface area contributed by atoms with Gasteiger partial charge in [-0.05, 0) is 39.8 Å². The van der Waals surface area contributed by atoms with Crippen LogP contribution in [-0.4, -0.2) is 22.6 Å². The van der Waals surface area contributed by atoms with Gasteiger partial charge in [0, 0.05) is 6.04 Å². The standard InChI is InChI=1S/C13H18N4/c1-10(2)17-12(15-16-13(17,3)4)14-11-8-6-5-7-9-11/h5-10H,1-4H3. The van der Waals surface area contributed by atoms with Gasteiger partial charge in [0.05, 0.1) is 5.69 Å². The molecule has 0 radical (unpaired) electrons. The number of benzene rings is 1. The first kappa shape index (κ1) is 11.8. The molecule has 0 N–H and O–H groups in total. The second-order valence-electron chi connectivity index (χ2n) is 4.91. The Hall–Kier alpha value is -1.71. The van der Waals surface area contributed by atoms with Crippen molar-refractivity contribution in [1.82, 2.24) is 4.90 Å². The first-order valence-corrected chi connectivity index (χ1v) is 5.87. The van der Waals surface area contributed by atoms with Crippen molar-refractivity contribution in [3.05, 3.63) is 30.3 Å². The van der Waals surface area contributed by atoms with E-state index in [2.05, 4.69) is 34.0 Å². The molecule has 4 nitrogen and oxygen atoms in total. The zero-order valence-corrected chi connectivity index (χ0v) is 10.8. The molecule has 0 spiro atoms. The molecule has 0 saturated carbocycles. The number of hydrogen-bond donors (Lipinski definition) is 0. The van der Waals surface area contributed by atoms with Crippen LogP contribution in [-0.2, 0) is 0 Å². The van der Waals surface area contributed by atoms with Gasteiger partial charge in [0.15, 0.2) is 0 Å². The highest BCUT2D eigenvalue weighted by molar-refractivity contribution is 5.85. The molecule has 1 aliphatic rings. The second-order valence-corrected chi connectivity index (χ2v) is 4.91. The number of aliphatic imine (C=N–C) groups is 1. The van der Waals surface area contributed by atoms with Crippen LogP contribution in [0.15, 0.2) is 45.6 Å². The summed E-state index contributed by atoms with van der Waals surface area (Å²) in [6.45, 7) is 8.34. The number of rotatable bonds is 2. The van der Waals surface area contributed by atoms with Crippen LogP contribution in [0, 0.1) is 0 Å². The number of nitrogens with zero attached hydrogens (tertiary/aromatic N) is 4. The van der Waals surface area contributed by atoms with Gasteiger partial charge in [0.25, 0.3) is 0 Å². The average molecular weight is 230 g/mol. The van der Waals surface area contributed by atoms with Gasteiger partial charge in [-0.1, -0.05) is 18.2 Å². The summed E-state index contributed by atoms with van der Waals surface area (Å²) < 4.78 is 0. The van der Waals surface area contributed by atoms with Gasteiger partial charge in [-0.25, -0.2) is 4.99 Å². The summed E-state index contributed by atoms with van der Waals surface area (Å²) in [5, 5.41) is 8.46. The van der Waals surface area contributed by atoms with Gasteiger partial charge in [-0.15, -0.1) is 5.11 Å². The Labute approximate surface area is 102 Å². The second kappa shape index (κ2) is 4.28. The van der Waals surface area contributed by atoms with Crippen molar-refractivity contribution in [2.24, 2.45) is 15.2 Å². The summed E-state index contributed by atoms with van der Waals surface area (Å²) >= 11 is 0. The number of para-hydroxylation sites is 1. The normalized spacial score (nSPS) is 20.5. The van der Waals surface area contributed by atoms with Crippen LogP contribution in [0.25, 0.3) is 0 Å².